The van der Waals surface area contributed by atoms with Crippen molar-refractivity contribution in [3.63, 3.8) is 0 Å². The van der Waals surface area contributed by atoms with Gasteiger partial charge in [0.25, 0.3) is 5.84 Å². The van der Waals surface area contributed by atoms with Gasteiger partial charge in [-0.15, -0.1) is 0 Å². The molecule has 5 N–H and O–H groups in total. The van der Waals surface area contributed by atoms with Gasteiger partial charge in [0.1, 0.15) is 6.04 Å². The highest BCUT2D eigenvalue weighted by atomic mass is 16.3. The van der Waals surface area contributed by atoms with E-state index in [0.29, 0.717) is 11.5 Å². The molecule has 1 aromatic carbocycles. The van der Waals surface area contributed by atoms with Crippen molar-refractivity contribution < 1.29 is 24.9 Å². The van der Waals surface area contributed by atoms with E-state index in [-0.39, 0.29) is 31.2 Å². The lowest BCUT2D eigenvalue weighted by Crippen LogP contribution is -2.59. The third-order valence-corrected chi connectivity index (χ3v) is 5.60. The molecule has 29 heavy (non-hydrogen) atoms. The molecule has 3 rings (SSSR count). The molecule has 0 aromatic heterocycles. The van der Waals surface area contributed by atoms with E-state index in [0.717, 1.165) is 31.6 Å². The quantitative estimate of drug-likeness (QED) is 0.287. The molecule has 2 saturated heterocycles. The van der Waals surface area contributed by atoms with Gasteiger partial charge in [0.2, 0.25) is 11.8 Å². The molecule has 2 aliphatic heterocycles. The van der Waals surface area contributed by atoms with Crippen LogP contribution in [0.2, 0.25) is 0 Å². The maximum Gasteiger partial charge on any atom is 0.409 e. The molecule has 0 aliphatic carbocycles. The van der Waals surface area contributed by atoms with Gasteiger partial charge in [0, 0.05) is 31.8 Å². The van der Waals surface area contributed by atoms with Crippen LogP contribution in [0.4, 0.5) is 10.5 Å². The highest BCUT2D eigenvalue weighted by Crippen LogP contribution is 2.23. The predicted molar refractivity (Wildman–Crippen MR) is 107 cm³/mol. The summed E-state index contributed by atoms with van der Waals surface area (Å²) in [7, 11) is 1.53. The molecule has 0 spiro atoms. The summed E-state index contributed by atoms with van der Waals surface area (Å²) in [5, 5.41) is 20.2. The number of rotatable bonds is 4. The second-order valence-electron chi connectivity index (χ2n) is 7.56. The Hall–Kier alpha value is -2.94. The fourth-order valence-corrected chi connectivity index (χ4v) is 3.60. The number of anilines is 1. The lowest BCUT2D eigenvalue weighted by molar-refractivity contribution is -0.135. The first kappa shape index (κ1) is 20.8. The summed E-state index contributed by atoms with van der Waals surface area (Å²) in [6.45, 7) is 2.04. The molecule has 156 valence electrons. The van der Waals surface area contributed by atoms with E-state index in [1.54, 1.807) is 0 Å². The van der Waals surface area contributed by atoms with Crippen molar-refractivity contribution in [1.29, 1.82) is 0 Å². The summed E-state index contributed by atoms with van der Waals surface area (Å²) >= 11 is 0. The number of piperidine rings is 2. The molecule has 2 aliphatic rings. The number of amidine groups is 1. The van der Waals surface area contributed by atoms with Gasteiger partial charge >= 0.3 is 6.03 Å². The van der Waals surface area contributed by atoms with E-state index in [1.165, 1.54) is 11.9 Å². The Bertz CT molecular complexity index is 787. The highest BCUT2D eigenvalue weighted by Gasteiger charge is 2.32. The van der Waals surface area contributed by atoms with E-state index < -0.39 is 18.0 Å². The Labute approximate surface area is 169 Å². The van der Waals surface area contributed by atoms with Crippen molar-refractivity contribution in [2.45, 2.75) is 31.7 Å². The zero-order chi connectivity index (χ0) is 21.0. The molecule has 2 fully saturated rings. The largest absolute Gasteiger partial charge is 0.409 e. The maximum atomic E-state index is 12.4. The minimum absolute atomic E-state index is 0.191. The highest BCUT2D eigenvalue weighted by molar-refractivity contribution is 6.06. The van der Waals surface area contributed by atoms with Crippen LogP contribution >= 0.6 is 0 Å². The van der Waals surface area contributed by atoms with E-state index in [9.17, 15) is 19.5 Å². The van der Waals surface area contributed by atoms with Gasteiger partial charge < -0.3 is 15.3 Å². The van der Waals surface area contributed by atoms with Crippen LogP contribution in [0.15, 0.2) is 24.3 Å². The van der Waals surface area contributed by atoms with Crippen molar-refractivity contribution >= 4 is 29.4 Å². The summed E-state index contributed by atoms with van der Waals surface area (Å²) in [6.07, 6.45) is 2.40. The number of imide groups is 1. The predicted octanol–water partition coefficient (Wildman–Crippen LogP) is -1.15. The minimum atomic E-state index is -0.750. The third-order valence-electron chi connectivity index (χ3n) is 5.60. The second kappa shape index (κ2) is 9.04. The minimum Gasteiger partial charge on any atom is -0.396 e. The van der Waals surface area contributed by atoms with E-state index in [1.807, 2.05) is 24.3 Å². The number of urea groups is 1. The van der Waals surface area contributed by atoms with Crippen LogP contribution in [0.3, 0.4) is 0 Å². The summed E-state index contributed by atoms with van der Waals surface area (Å²) in [4.78, 5) is 39.0. The molecule has 2 heterocycles. The number of aliphatic hydroxyl groups is 1. The van der Waals surface area contributed by atoms with Crippen molar-refractivity contribution in [3.05, 3.63) is 29.8 Å². The summed E-state index contributed by atoms with van der Waals surface area (Å²) in [5.74, 6) is -0.192. The number of carbonyl (C=O) groups is 3. The van der Waals surface area contributed by atoms with E-state index in [4.69, 9.17) is 5.41 Å². The Morgan fingerprint density at radius 1 is 1.24 bits per heavy atom. The van der Waals surface area contributed by atoms with Gasteiger partial charge in [-0.1, -0.05) is 0 Å². The molecule has 4 amide bonds. The zero-order valence-corrected chi connectivity index (χ0v) is 16.6. The van der Waals surface area contributed by atoms with Gasteiger partial charge in [-0.3, -0.25) is 20.3 Å². The lowest BCUT2D eigenvalue weighted by atomic mass is 9.97. The molecule has 0 bridgehead atoms. The Kier molecular flexibility index (Phi) is 6.48. The Morgan fingerprint density at radius 3 is 2.48 bits per heavy atom. The van der Waals surface area contributed by atoms with Crippen molar-refractivity contribution in [2.75, 3.05) is 31.6 Å². The molecular weight excluding hydrogens is 374 g/mol. The first-order chi connectivity index (χ1) is 13.9. The molecule has 1 atom stereocenters. The van der Waals surface area contributed by atoms with Gasteiger partial charge in [-0.2, -0.15) is 4.90 Å². The van der Waals surface area contributed by atoms with Crippen LogP contribution in [0.25, 0.3) is 0 Å². The van der Waals surface area contributed by atoms with Crippen LogP contribution in [-0.4, -0.2) is 66.5 Å². The molecule has 0 radical (unpaired) electrons. The molecule has 0 saturated carbocycles. The third kappa shape index (κ3) is 4.92. The summed E-state index contributed by atoms with van der Waals surface area (Å²) in [5.41, 5.74) is 1.77. The number of nitrogens with two attached hydrogens (primary N) is 1. The van der Waals surface area contributed by atoms with Gasteiger partial charge in [0.15, 0.2) is 0 Å². The van der Waals surface area contributed by atoms with E-state index in [2.05, 4.69) is 15.5 Å². The standard InChI is InChI=1S/C20H27N5O4/c1-24(20(29)22-16-6-7-17(27)23-19(16)28)18(21)14-2-4-15(5-3-14)25-10-8-13(12-26)9-11-25/h2-5,13,16,21,26H,6-12H2,1H3,(H,22,29)(H,23,27,28)/p+1. The maximum absolute atomic E-state index is 12.4. The Balaban J connectivity index is 1.57. The first-order valence-corrected chi connectivity index (χ1v) is 9.85. The van der Waals surface area contributed by atoms with Gasteiger partial charge in [0.05, 0.1) is 12.6 Å². The number of hydrogen-bond donors (Lipinski definition) is 4. The number of hydrogen-bond acceptors (Lipinski definition) is 5. The smallest absolute Gasteiger partial charge is 0.396 e. The van der Waals surface area contributed by atoms with Crippen LogP contribution in [-0.2, 0) is 9.59 Å². The van der Waals surface area contributed by atoms with Crippen LogP contribution in [0, 0.1) is 5.92 Å². The monoisotopic (exact) mass is 402 g/mol. The average Bonchev–Trinajstić information content (AvgIpc) is 2.74. The average molecular weight is 402 g/mol. The van der Waals surface area contributed by atoms with Crippen molar-refractivity contribution in [1.82, 2.24) is 15.5 Å². The zero-order valence-electron chi connectivity index (χ0n) is 16.6. The van der Waals surface area contributed by atoms with Crippen molar-refractivity contribution in [2.24, 2.45) is 5.92 Å². The number of carbonyl (C=O) groups excluding carboxylic acids is 3. The number of benzene rings is 1. The molecule has 9 nitrogen and oxygen atoms in total. The molecular formula is C20H28N5O4+. The molecule has 1 aromatic rings. The van der Waals surface area contributed by atoms with Crippen LogP contribution in [0.5, 0.6) is 0 Å². The number of aliphatic hydroxyl groups excluding tert-OH is 1. The second-order valence-corrected chi connectivity index (χ2v) is 7.56. The summed E-state index contributed by atoms with van der Waals surface area (Å²) < 4.78 is 0. The molecule has 1 unspecified atom stereocenters. The van der Waals surface area contributed by atoms with Gasteiger partial charge in [-0.05, 0) is 49.4 Å². The lowest BCUT2D eigenvalue weighted by Gasteiger charge is -2.32. The number of amides is 4. The van der Waals surface area contributed by atoms with Gasteiger partial charge in [-0.25, -0.2) is 4.79 Å². The first-order valence-electron chi connectivity index (χ1n) is 9.85. The number of nitrogens with one attached hydrogen (secondary N) is 2. The Morgan fingerprint density at radius 2 is 1.90 bits per heavy atom. The van der Waals surface area contributed by atoms with Crippen LogP contribution < -0.4 is 20.9 Å². The topological polar surface area (TPSA) is 128 Å². The SMILES string of the molecule is CN(C(=[NH2+])c1ccc(N2CCC(CO)CC2)cc1)C(=O)NC1CCC(=O)NC1=O. The normalized spacial score (nSPS) is 20.2. The van der Waals surface area contributed by atoms with E-state index >= 15 is 0 Å². The number of nitrogens with zero attached hydrogens (tertiary/aromatic N) is 2. The molecule has 9 heteroatoms. The summed E-state index contributed by atoms with van der Waals surface area (Å²) in [6, 6.07) is 6.39. The fourth-order valence-electron chi connectivity index (χ4n) is 3.60. The van der Waals surface area contributed by atoms with Crippen molar-refractivity contribution in [3.8, 4) is 0 Å². The van der Waals surface area contributed by atoms with Crippen LogP contribution in [0.1, 0.15) is 31.2 Å². The fraction of sp³-hybridized carbons (Fsp3) is 0.500.